The fraction of sp³-hybridized carbons (Fsp3) is 0.125. The van der Waals surface area contributed by atoms with Crippen molar-refractivity contribution in [1.29, 1.82) is 5.26 Å². The maximum atomic E-state index is 12.3. The standard InChI is InChI=1S/C16H13ClN8O2/c17-12-2-3-13(24-9-21-22-23-24)11(5-12)8-20-16(26)6-14-10(7-18)1-4-15(19)25(14)27/h1-5,9,19,27H,6,8H2,(H,20,26)/p+1. The van der Waals surface area contributed by atoms with Gasteiger partial charge in [0.05, 0.1) is 17.7 Å². The van der Waals surface area contributed by atoms with E-state index in [0.717, 1.165) is 0 Å². The van der Waals surface area contributed by atoms with Crippen molar-refractivity contribution in [3.63, 3.8) is 0 Å². The molecular weight excluding hydrogens is 372 g/mol. The highest BCUT2D eigenvalue weighted by atomic mass is 35.5. The molecule has 0 radical (unpaired) electrons. The normalized spacial score (nSPS) is 10.4. The van der Waals surface area contributed by atoms with Crippen molar-refractivity contribution < 1.29 is 14.7 Å². The number of carbonyl (C=O) groups excluding carboxylic acids is 1. The second kappa shape index (κ2) is 7.67. The zero-order valence-corrected chi connectivity index (χ0v) is 14.6. The molecule has 2 aromatic heterocycles. The summed E-state index contributed by atoms with van der Waals surface area (Å²) in [7, 11) is 0. The Morgan fingerprint density at radius 1 is 1.41 bits per heavy atom. The van der Waals surface area contributed by atoms with Gasteiger partial charge < -0.3 is 10.5 Å². The third-order valence-corrected chi connectivity index (χ3v) is 4.03. The van der Waals surface area contributed by atoms with Gasteiger partial charge in [0.15, 0.2) is 5.69 Å². The Bertz CT molecular complexity index is 1030. The number of nitrogens with one attached hydrogen (secondary N) is 1. The van der Waals surface area contributed by atoms with E-state index in [2.05, 4.69) is 20.8 Å². The maximum absolute atomic E-state index is 12.3. The van der Waals surface area contributed by atoms with Crippen LogP contribution in [0.2, 0.25) is 5.02 Å². The van der Waals surface area contributed by atoms with Gasteiger partial charge >= 0.3 is 5.82 Å². The highest BCUT2D eigenvalue weighted by Gasteiger charge is 2.19. The number of pyridine rings is 1. The number of hydrogen-bond donors (Lipinski definition) is 3. The van der Waals surface area contributed by atoms with Crippen molar-refractivity contribution in [1.82, 2.24) is 25.5 Å². The van der Waals surface area contributed by atoms with Gasteiger partial charge in [-0.1, -0.05) is 11.6 Å². The Morgan fingerprint density at radius 3 is 2.93 bits per heavy atom. The lowest BCUT2D eigenvalue weighted by Crippen LogP contribution is -2.42. The minimum Gasteiger partial charge on any atom is -0.352 e. The Morgan fingerprint density at radius 2 is 2.22 bits per heavy atom. The molecule has 136 valence electrons. The smallest absolute Gasteiger partial charge is 0.312 e. The number of aromatic nitrogens is 5. The lowest BCUT2D eigenvalue weighted by atomic mass is 10.1. The first-order valence-corrected chi connectivity index (χ1v) is 8.08. The highest BCUT2D eigenvalue weighted by molar-refractivity contribution is 6.30. The van der Waals surface area contributed by atoms with Gasteiger partial charge in [0, 0.05) is 17.6 Å². The topological polar surface area (TPSA) is 147 Å². The van der Waals surface area contributed by atoms with E-state index < -0.39 is 5.91 Å². The number of nitrogen functional groups attached to an aromatic ring is 1. The quantitative estimate of drug-likeness (QED) is 0.418. The summed E-state index contributed by atoms with van der Waals surface area (Å²) < 4.78 is 2.08. The number of nitrogens with zero attached hydrogens (tertiary/aromatic N) is 6. The third kappa shape index (κ3) is 3.94. The summed E-state index contributed by atoms with van der Waals surface area (Å²) in [6, 6.07) is 9.84. The minimum absolute atomic E-state index is 0.0209. The number of anilines is 1. The molecule has 0 aliphatic carbocycles. The van der Waals surface area contributed by atoms with Crippen molar-refractivity contribution >= 4 is 23.3 Å². The van der Waals surface area contributed by atoms with Crippen molar-refractivity contribution in [3.05, 3.63) is 58.5 Å². The molecule has 0 bridgehead atoms. The van der Waals surface area contributed by atoms with Crippen LogP contribution in [-0.2, 0) is 17.8 Å². The fourth-order valence-electron chi connectivity index (χ4n) is 2.48. The monoisotopic (exact) mass is 385 g/mol. The lowest BCUT2D eigenvalue weighted by molar-refractivity contribution is -0.898. The van der Waals surface area contributed by atoms with E-state index in [1.165, 1.54) is 23.1 Å². The Kier molecular flexibility index (Phi) is 5.14. The summed E-state index contributed by atoms with van der Waals surface area (Å²) in [5.74, 6) is -0.393. The Hall–Kier alpha value is -3.71. The summed E-state index contributed by atoms with van der Waals surface area (Å²) >= 11 is 6.04. The van der Waals surface area contributed by atoms with Crippen LogP contribution in [0.3, 0.4) is 0 Å². The van der Waals surface area contributed by atoms with E-state index in [0.29, 0.717) is 21.0 Å². The summed E-state index contributed by atoms with van der Waals surface area (Å²) in [6.07, 6.45) is 1.19. The molecule has 11 heteroatoms. The van der Waals surface area contributed by atoms with Gasteiger partial charge in [-0.3, -0.25) is 10.5 Å². The van der Waals surface area contributed by atoms with Crippen molar-refractivity contribution in [2.45, 2.75) is 13.0 Å². The number of carbonyl (C=O) groups is 1. The van der Waals surface area contributed by atoms with E-state index >= 15 is 0 Å². The van der Waals surface area contributed by atoms with Crippen LogP contribution >= 0.6 is 11.6 Å². The van der Waals surface area contributed by atoms with Crippen LogP contribution in [0.5, 0.6) is 0 Å². The van der Waals surface area contributed by atoms with Crippen LogP contribution in [0.1, 0.15) is 16.8 Å². The largest absolute Gasteiger partial charge is 0.352 e. The molecule has 0 saturated carbocycles. The molecule has 1 amide bonds. The molecule has 2 heterocycles. The molecule has 0 aliphatic heterocycles. The molecule has 4 N–H and O–H groups in total. The molecule has 0 unspecified atom stereocenters. The predicted molar refractivity (Wildman–Crippen MR) is 92.7 cm³/mol. The van der Waals surface area contributed by atoms with Crippen molar-refractivity contribution in [2.24, 2.45) is 0 Å². The molecular formula is C16H14ClN8O2+. The number of amides is 1. The van der Waals surface area contributed by atoms with E-state index in [-0.39, 0.29) is 30.0 Å². The van der Waals surface area contributed by atoms with Crippen LogP contribution in [0.15, 0.2) is 36.7 Å². The third-order valence-electron chi connectivity index (χ3n) is 3.79. The number of halogens is 1. The van der Waals surface area contributed by atoms with E-state index in [4.69, 9.17) is 22.6 Å². The summed E-state index contributed by atoms with van der Waals surface area (Å²) in [5, 5.41) is 33.3. The number of hydrogen-bond acceptors (Lipinski definition) is 7. The number of nitriles is 1. The molecule has 3 aromatic rings. The minimum atomic E-state index is -0.414. The second-order valence-electron chi connectivity index (χ2n) is 5.52. The van der Waals surface area contributed by atoms with Crippen LogP contribution in [0.25, 0.3) is 5.69 Å². The van der Waals surface area contributed by atoms with E-state index in [1.54, 1.807) is 18.2 Å². The molecule has 0 atom stereocenters. The number of nitrogens with two attached hydrogens (primary N) is 1. The predicted octanol–water partition coefficient (Wildman–Crippen LogP) is 0.153. The Labute approximate surface area is 158 Å². The van der Waals surface area contributed by atoms with Gasteiger partial charge in [-0.05, 0) is 45.0 Å². The lowest BCUT2D eigenvalue weighted by Gasteiger charge is -2.11. The average Bonchev–Trinajstić information content (AvgIpc) is 3.18. The number of rotatable bonds is 5. The van der Waals surface area contributed by atoms with Crippen LogP contribution in [0.4, 0.5) is 5.82 Å². The first-order chi connectivity index (χ1) is 13.0. The highest BCUT2D eigenvalue weighted by Crippen LogP contribution is 2.19. The van der Waals surface area contributed by atoms with Gasteiger partial charge in [-0.25, -0.2) is 4.68 Å². The zero-order chi connectivity index (χ0) is 19.4. The summed E-state index contributed by atoms with van der Waals surface area (Å²) in [5.41, 5.74) is 7.21. The number of tetrazole rings is 1. The first-order valence-electron chi connectivity index (χ1n) is 7.71. The van der Waals surface area contributed by atoms with Gasteiger partial charge in [-0.15, -0.1) is 5.10 Å². The molecule has 27 heavy (non-hydrogen) atoms. The van der Waals surface area contributed by atoms with E-state index in [9.17, 15) is 10.0 Å². The molecule has 3 rings (SSSR count). The summed E-state index contributed by atoms with van der Waals surface area (Å²) in [4.78, 5) is 12.3. The number of benzene rings is 1. The summed E-state index contributed by atoms with van der Waals surface area (Å²) in [6.45, 7) is 0.143. The molecule has 1 aromatic carbocycles. The van der Waals surface area contributed by atoms with Gasteiger partial charge in [0.1, 0.15) is 12.4 Å². The van der Waals surface area contributed by atoms with Gasteiger partial charge in [0.25, 0.3) is 0 Å². The van der Waals surface area contributed by atoms with E-state index in [1.807, 2.05) is 6.07 Å². The SMILES string of the molecule is N#Cc1ccc(N)[n+](O)c1CC(=O)NCc1cc(Cl)ccc1-n1cnnn1. The Balaban J connectivity index is 1.77. The van der Waals surface area contributed by atoms with Crippen LogP contribution < -0.4 is 15.8 Å². The van der Waals surface area contributed by atoms with Crippen LogP contribution in [0, 0.1) is 11.3 Å². The average molecular weight is 386 g/mol. The van der Waals surface area contributed by atoms with Crippen molar-refractivity contribution in [3.8, 4) is 11.8 Å². The van der Waals surface area contributed by atoms with Crippen LogP contribution in [-0.4, -0.2) is 31.3 Å². The van der Waals surface area contributed by atoms with Crippen molar-refractivity contribution in [2.75, 3.05) is 5.73 Å². The molecule has 10 nitrogen and oxygen atoms in total. The fourth-order valence-corrected chi connectivity index (χ4v) is 2.67. The first kappa shape index (κ1) is 18.1. The maximum Gasteiger partial charge on any atom is 0.312 e. The van der Waals surface area contributed by atoms with Gasteiger partial charge in [0.2, 0.25) is 5.91 Å². The molecule has 0 aliphatic rings. The zero-order valence-electron chi connectivity index (χ0n) is 13.9. The molecule has 0 spiro atoms. The van der Waals surface area contributed by atoms with Gasteiger partial charge in [-0.2, -0.15) is 5.26 Å². The second-order valence-corrected chi connectivity index (χ2v) is 5.96. The molecule has 0 fully saturated rings. The molecule has 0 saturated heterocycles.